The standard InChI is InChI=1S/C26H23N5O4S/c32-23(27-28-25(33)18-9-3-1-4-10-18)15-16-30-26(36)31(19-11-5-2-6-12-19)24(29-30)22-17-34-20-13-7-8-14-21(20)35-22/h1-14,22H,15-17H2,(H,27,32)(H,28,33). The molecule has 2 amide bonds. The van der Waals surface area contributed by atoms with Crippen molar-refractivity contribution in [3.05, 3.63) is 101 Å². The number of aromatic nitrogens is 3. The van der Waals surface area contributed by atoms with Gasteiger partial charge in [-0.05, 0) is 48.6 Å². The molecule has 1 atom stereocenters. The topological polar surface area (TPSA) is 99.4 Å². The van der Waals surface area contributed by atoms with Gasteiger partial charge in [0.25, 0.3) is 5.91 Å². The van der Waals surface area contributed by atoms with Crippen LogP contribution in [0.25, 0.3) is 5.69 Å². The minimum Gasteiger partial charge on any atom is -0.485 e. The number of para-hydroxylation sites is 3. The number of carbonyl (C=O) groups is 2. The molecular weight excluding hydrogens is 478 g/mol. The number of aryl methyl sites for hydroxylation is 1. The second kappa shape index (κ2) is 10.4. The number of carbonyl (C=O) groups excluding carboxylic acids is 2. The number of rotatable bonds is 6. The van der Waals surface area contributed by atoms with E-state index in [1.165, 1.54) is 0 Å². The van der Waals surface area contributed by atoms with Crippen molar-refractivity contribution < 1.29 is 19.1 Å². The number of fused-ring (bicyclic) bond motifs is 1. The molecule has 1 aliphatic rings. The lowest BCUT2D eigenvalue weighted by Gasteiger charge is -2.26. The van der Waals surface area contributed by atoms with Crippen LogP contribution in [-0.4, -0.2) is 32.8 Å². The number of benzene rings is 3. The first-order chi connectivity index (χ1) is 17.6. The number of hydrogen-bond donors (Lipinski definition) is 2. The van der Waals surface area contributed by atoms with Crippen molar-refractivity contribution >= 4 is 24.0 Å². The second-order valence-corrected chi connectivity index (χ2v) is 8.38. The van der Waals surface area contributed by atoms with Gasteiger partial charge in [-0.3, -0.25) is 25.0 Å². The largest absolute Gasteiger partial charge is 0.485 e. The van der Waals surface area contributed by atoms with Gasteiger partial charge in [-0.25, -0.2) is 4.68 Å². The summed E-state index contributed by atoms with van der Waals surface area (Å²) in [7, 11) is 0. The first kappa shape index (κ1) is 23.3. The monoisotopic (exact) mass is 501 g/mol. The van der Waals surface area contributed by atoms with Crippen molar-refractivity contribution in [2.45, 2.75) is 19.1 Å². The zero-order chi connectivity index (χ0) is 24.9. The molecular formula is C26H23N5O4S. The van der Waals surface area contributed by atoms with Gasteiger partial charge in [0.2, 0.25) is 10.7 Å². The Morgan fingerprint density at radius 2 is 1.58 bits per heavy atom. The molecule has 182 valence electrons. The average molecular weight is 502 g/mol. The second-order valence-electron chi connectivity index (χ2n) is 8.02. The molecule has 9 nitrogen and oxygen atoms in total. The molecule has 2 N–H and O–H groups in total. The van der Waals surface area contributed by atoms with Crippen LogP contribution in [0.4, 0.5) is 0 Å². The predicted molar refractivity (Wildman–Crippen MR) is 134 cm³/mol. The van der Waals surface area contributed by atoms with Gasteiger partial charge in [-0.1, -0.05) is 48.5 Å². The maximum atomic E-state index is 12.4. The van der Waals surface area contributed by atoms with E-state index in [1.54, 1.807) is 28.9 Å². The van der Waals surface area contributed by atoms with Crippen LogP contribution in [0.1, 0.15) is 28.7 Å². The minimum atomic E-state index is -0.498. The Balaban J connectivity index is 1.33. The third kappa shape index (κ3) is 4.98. The molecule has 0 bridgehead atoms. The molecule has 0 spiro atoms. The zero-order valence-corrected chi connectivity index (χ0v) is 20.0. The average Bonchev–Trinajstić information content (AvgIpc) is 3.27. The molecule has 0 saturated carbocycles. The fourth-order valence-electron chi connectivity index (χ4n) is 3.80. The molecule has 10 heteroatoms. The Morgan fingerprint density at radius 3 is 2.33 bits per heavy atom. The third-order valence-electron chi connectivity index (χ3n) is 5.58. The summed E-state index contributed by atoms with van der Waals surface area (Å²) in [6.45, 7) is 0.477. The summed E-state index contributed by atoms with van der Waals surface area (Å²) in [6, 6.07) is 25.7. The van der Waals surface area contributed by atoms with Crippen molar-refractivity contribution in [3.8, 4) is 17.2 Å². The fourth-order valence-corrected chi connectivity index (χ4v) is 4.13. The first-order valence-corrected chi connectivity index (χ1v) is 11.8. The Hall–Kier alpha value is -4.44. The molecule has 5 rings (SSSR count). The van der Waals surface area contributed by atoms with Crippen molar-refractivity contribution in [3.63, 3.8) is 0 Å². The van der Waals surface area contributed by atoms with Gasteiger partial charge in [0.1, 0.15) is 6.61 Å². The van der Waals surface area contributed by atoms with Crippen LogP contribution in [-0.2, 0) is 11.3 Å². The maximum absolute atomic E-state index is 12.4. The number of nitrogens with zero attached hydrogens (tertiary/aromatic N) is 3. The molecule has 1 aliphatic heterocycles. The van der Waals surface area contributed by atoms with Gasteiger partial charge in [-0.2, -0.15) is 5.10 Å². The number of hydrogen-bond acceptors (Lipinski definition) is 6. The zero-order valence-electron chi connectivity index (χ0n) is 19.2. The van der Waals surface area contributed by atoms with E-state index in [2.05, 4.69) is 10.9 Å². The highest BCUT2D eigenvalue weighted by Gasteiger charge is 2.29. The Bertz CT molecular complexity index is 1440. The quantitative estimate of drug-likeness (QED) is 0.308. The van der Waals surface area contributed by atoms with E-state index in [9.17, 15) is 9.59 Å². The third-order valence-corrected chi connectivity index (χ3v) is 5.97. The Morgan fingerprint density at radius 1 is 0.917 bits per heavy atom. The van der Waals surface area contributed by atoms with E-state index >= 15 is 0 Å². The first-order valence-electron chi connectivity index (χ1n) is 11.4. The fraction of sp³-hybridized carbons (Fsp3) is 0.154. The maximum Gasteiger partial charge on any atom is 0.269 e. The summed E-state index contributed by atoms with van der Waals surface area (Å²) in [5, 5.41) is 4.70. The molecule has 4 aromatic rings. The molecule has 0 saturated heterocycles. The van der Waals surface area contributed by atoms with Crippen LogP contribution in [0.3, 0.4) is 0 Å². The number of hydrazine groups is 1. The molecule has 2 heterocycles. The molecule has 1 aromatic heterocycles. The molecule has 36 heavy (non-hydrogen) atoms. The van der Waals surface area contributed by atoms with Crippen LogP contribution in [0, 0.1) is 4.77 Å². The van der Waals surface area contributed by atoms with Crippen LogP contribution in [0.5, 0.6) is 11.5 Å². The summed E-state index contributed by atoms with van der Waals surface area (Å²) in [5.74, 6) is 1.10. The van der Waals surface area contributed by atoms with Gasteiger partial charge in [0, 0.05) is 17.7 Å². The molecule has 1 unspecified atom stereocenters. The lowest BCUT2D eigenvalue weighted by atomic mass is 10.2. The van der Waals surface area contributed by atoms with Crippen LogP contribution >= 0.6 is 12.2 Å². The smallest absolute Gasteiger partial charge is 0.269 e. The molecule has 0 radical (unpaired) electrons. The molecule has 0 fully saturated rings. The van der Waals surface area contributed by atoms with E-state index < -0.39 is 12.0 Å². The van der Waals surface area contributed by atoms with E-state index in [0.29, 0.717) is 27.7 Å². The van der Waals surface area contributed by atoms with Crippen molar-refractivity contribution in [1.82, 2.24) is 25.2 Å². The summed E-state index contributed by atoms with van der Waals surface area (Å²) in [6.07, 6.45) is -0.443. The highest BCUT2D eigenvalue weighted by molar-refractivity contribution is 7.71. The Kier molecular flexibility index (Phi) is 6.76. The van der Waals surface area contributed by atoms with E-state index in [4.69, 9.17) is 26.8 Å². The van der Waals surface area contributed by atoms with Gasteiger partial charge in [-0.15, -0.1) is 0 Å². The summed E-state index contributed by atoms with van der Waals surface area (Å²) >= 11 is 5.73. The van der Waals surface area contributed by atoms with Crippen LogP contribution in [0.2, 0.25) is 0 Å². The minimum absolute atomic E-state index is 0.0550. The van der Waals surface area contributed by atoms with E-state index in [0.717, 1.165) is 5.69 Å². The normalized spacial score (nSPS) is 14.2. The number of ether oxygens (including phenoxy) is 2. The highest BCUT2D eigenvalue weighted by atomic mass is 32.1. The summed E-state index contributed by atoms with van der Waals surface area (Å²) in [4.78, 5) is 24.6. The van der Waals surface area contributed by atoms with Gasteiger partial charge in [0.15, 0.2) is 23.4 Å². The predicted octanol–water partition coefficient (Wildman–Crippen LogP) is 3.77. The van der Waals surface area contributed by atoms with Crippen LogP contribution in [0.15, 0.2) is 84.9 Å². The van der Waals surface area contributed by atoms with Gasteiger partial charge in [0.05, 0.1) is 6.54 Å². The van der Waals surface area contributed by atoms with Crippen LogP contribution < -0.4 is 20.3 Å². The van der Waals surface area contributed by atoms with Gasteiger partial charge < -0.3 is 9.47 Å². The van der Waals surface area contributed by atoms with Crippen molar-refractivity contribution in [1.29, 1.82) is 0 Å². The van der Waals surface area contributed by atoms with E-state index in [-0.39, 0.29) is 25.5 Å². The summed E-state index contributed by atoms with van der Waals surface area (Å²) < 4.78 is 15.9. The van der Waals surface area contributed by atoms with Gasteiger partial charge >= 0.3 is 0 Å². The van der Waals surface area contributed by atoms with Crippen molar-refractivity contribution in [2.75, 3.05) is 6.61 Å². The number of nitrogens with one attached hydrogen (secondary N) is 2. The van der Waals surface area contributed by atoms with E-state index in [1.807, 2.05) is 65.2 Å². The SMILES string of the molecule is O=C(CCn1nc(C2COc3ccccc3O2)n(-c2ccccc2)c1=S)NNC(=O)c1ccccc1. The molecule has 0 aliphatic carbocycles. The number of amides is 2. The lowest BCUT2D eigenvalue weighted by molar-refractivity contribution is -0.122. The van der Waals surface area contributed by atoms with Crippen molar-refractivity contribution in [2.24, 2.45) is 0 Å². The highest BCUT2D eigenvalue weighted by Crippen LogP contribution is 2.36. The lowest BCUT2D eigenvalue weighted by Crippen LogP contribution is -2.41. The summed E-state index contributed by atoms with van der Waals surface area (Å²) in [5.41, 5.74) is 6.12. The molecule has 3 aromatic carbocycles. The Labute approximate surface area is 212 Å².